The molecule has 2 aliphatic carbocycles. The highest BCUT2D eigenvalue weighted by molar-refractivity contribution is 6.28. The Hall–Kier alpha value is -9.38. The van der Waals surface area contributed by atoms with Crippen LogP contribution in [0.2, 0.25) is 0 Å². The number of hydrogen-bond acceptors (Lipinski definition) is 3. The van der Waals surface area contributed by atoms with Gasteiger partial charge >= 0.3 is 0 Å². The van der Waals surface area contributed by atoms with Crippen molar-refractivity contribution in [2.24, 2.45) is 0 Å². The number of hydrogen-bond donors (Lipinski definition) is 0. The van der Waals surface area contributed by atoms with E-state index in [2.05, 4.69) is 246 Å². The molecule has 0 aliphatic heterocycles. The fourth-order valence-electron chi connectivity index (χ4n) is 12.9. The molecule has 3 heterocycles. The van der Waals surface area contributed by atoms with Crippen LogP contribution in [0.5, 0.6) is 0 Å². The third-order valence-corrected chi connectivity index (χ3v) is 15.6. The van der Waals surface area contributed by atoms with Gasteiger partial charge in [-0.1, -0.05) is 164 Å². The molecule has 0 amide bonds. The summed E-state index contributed by atoms with van der Waals surface area (Å²) < 4.78 is 15.9. The monoisotopic (exact) mass is 904 g/mol. The molecule has 0 fully saturated rings. The topological polar surface area (TPSA) is 34.5 Å². The zero-order valence-corrected chi connectivity index (χ0v) is 38.3. The molecule has 0 bridgehead atoms. The second-order valence-electron chi connectivity index (χ2n) is 19.1. The Labute approximate surface area is 408 Å². The maximum atomic E-state index is 6.83. The number of nitrogens with zero attached hydrogens (tertiary/aromatic N) is 2. The Bertz CT molecular complexity index is 4490. The van der Waals surface area contributed by atoms with E-state index in [1.54, 1.807) is 0 Å². The first-order chi connectivity index (χ1) is 35.2. The first-order valence-electron chi connectivity index (χ1n) is 24.4. The zero-order chi connectivity index (χ0) is 46.4. The lowest BCUT2D eigenvalue weighted by Gasteiger charge is -2.31. The average molecular weight is 905 g/mol. The van der Waals surface area contributed by atoms with E-state index in [-0.39, 0.29) is 0 Å². The van der Waals surface area contributed by atoms with Gasteiger partial charge in [-0.15, -0.1) is 0 Å². The van der Waals surface area contributed by atoms with Gasteiger partial charge in [0.25, 0.3) is 0 Å². The smallest absolute Gasteiger partial charge is 0.138 e. The third-order valence-electron chi connectivity index (χ3n) is 15.6. The second-order valence-corrected chi connectivity index (χ2v) is 19.1. The summed E-state index contributed by atoms with van der Waals surface area (Å²) in [5.41, 5.74) is 22.0. The van der Waals surface area contributed by atoms with Gasteiger partial charge in [0.1, 0.15) is 22.3 Å². The maximum Gasteiger partial charge on any atom is 0.138 e. The molecule has 330 valence electrons. The van der Waals surface area contributed by atoms with Crippen LogP contribution in [0.3, 0.4) is 0 Å². The number of rotatable bonds is 5. The highest BCUT2D eigenvalue weighted by Gasteiger charge is 2.52. The van der Waals surface area contributed by atoms with E-state index in [1.807, 2.05) is 6.07 Å². The van der Waals surface area contributed by atoms with E-state index in [9.17, 15) is 0 Å². The van der Waals surface area contributed by atoms with Crippen molar-refractivity contribution in [3.63, 3.8) is 0 Å². The Balaban J connectivity index is 1.02. The molecule has 0 radical (unpaired) electrons. The lowest BCUT2D eigenvalue weighted by atomic mass is 9.70. The Morgan fingerprint density at radius 2 is 0.930 bits per heavy atom. The highest BCUT2D eigenvalue weighted by Crippen LogP contribution is 2.65. The maximum absolute atomic E-state index is 6.83. The third kappa shape index (κ3) is 5.12. The molecule has 0 atom stereocenters. The summed E-state index contributed by atoms with van der Waals surface area (Å²) in [6.45, 7) is 0. The lowest BCUT2D eigenvalue weighted by molar-refractivity contribution is 0.668. The van der Waals surface area contributed by atoms with E-state index in [4.69, 9.17) is 8.83 Å². The van der Waals surface area contributed by atoms with Crippen molar-refractivity contribution in [2.45, 2.75) is 5.41 Å². The van der Waals surface area contributed by atoms with Crippen molar-refractivity contribution in [1.82, 2.24) is 4.57 Å². The molecule has 14 aromatic rings. The summed E-state index contributed by atoms with van der Waals surface area (Å²) in [7, 11) is 0. The van der Waals surface area contributed by atoms with Crippen LogP contribution in [0.15, 0.2) is 251 Å². The largest absolute Gasteiger partial charge is 0.456 e. The number of furan rings is 2. The first kappa shape index (κ1) is 38.6. The predicted octanol–water partition coefficient (Wildman–Crippen LogP) is 18.1. The highest BCUT2D eigenvalue weighted by atomic mass is 16.3. The summed E-state index contributed by atoms with van der Waals surface area (Å²) in [4.78, 5) is 2.48. The quantitative estimate of drug-likeness (QED) is 0.173. The van der Waals surface area contributed by atoms with Gasteiger partial charge in [-0.2, -0.15) is 0 Å². The summed E-state index contributed by atoms with van der Waals surface area (Å²) in [6, 6.07) is 88.6. The molecule has 0 saturated heterocycles. The van der Waals surface area contributed by atoms with Gasteiger partial charge in [-0.05, 0) is 117 Å². The lowest BCUT2D eigenvalue weighted by Crippen LogP contribution is -2.26. The van der Waals surface area contributed by atoms with Gasteiger partial charge in [0.05, 0.1) is 22.1 Å². The van der Waals surface area contributed by atoms with Crippen molar-refractivity contribution < 1.29 is 8.83 Å². The molecule has 0 unspecified atom stereocenters. The minimum atomic E-state index is -0.473. The molecule has 2 aliphatic rings. The first-order valence-corrected chi connectivity index (χ1v) is 24.4. The Kier molecular flexibility index (Phi) is 7.79. The average Bonchev–Trinajstić information content (AvgIpc) is 4.23. The zero-order valence-electron chi connectivity index (χ0n) is 38.3. The van der Waals surface area contributed by atoms with Gasteiger partial charge < -0.3 is 18.3 Å². The van der Waals surface area contributed by atoms with Gasteiger partial charge in [-0.3, -0.25) is 0 Å². The van der Waals surface area contributed by atoms with Crippen molar-refractivity contribution in [3.8, 4) is 39.1 Å². The van der Waals surface area contributed by atoms with Crippen LogP contribution in [0.4, 0.5) is 17.1 Å². The fourth-order valence-corrected chi connectivity index (χ4v) is 12.9. The van der Waals surface area contributed by atoms with E-state index in [0.717, 1.165) is 99.6 Å². The summed E-state index contributed by atoms with van der Waals surface area (Å²) in [6.07, 6.45) is 0. The SMILES string of the molecule is c1ccc(N(c2ccc3c(c2)c2c(-c4ccc5c(c4)oc4ccccc45)c4c(cc2n3-c2ccccc2)oc2ccccc24)c2cccc3c2-c2ccccc2C32c3ccccc3-c3ccccc32)cc1. The van der Waals surface area contributed by atoms with Gasteiger partial charge in [0, 0.05) is 66.6 Å². The molecular formula is C67H40N2O2. The van der Waals surface area contributed by atoms with Crippen LogP contribution in [-0.4, -0.2) is 4.57 Å². The van der Waals surface area contributed by atoms with Gasteiger partial charge in [-0.25, -0.2) is 0 Å². The van der Waals surface area contributed by atoms with Crippen molar-refractivity contribution >= 4 is 82.7 Å². The molecule has 0 saturated carbocycles. The summed E-state index contributed by atoms with van der Waals surface area (Å²) in [5, 5.41) is 6.66. The van der Waals surface area contributed by atoms with Crippen molar-refractivity contribution in [2.75, 3.05) is 4.90 Å². The number of para-hydroxylation sites is 4. The Morgan fingerprint density at radius 1 is 0.338 bits per heavy atom. The molecule has 3 aromatic heterocycles. The molecule has 4 heteroatoms. The minimum Gasteiger partial charge on any atom is -0.456 e. The van der Waals surface area contributed by atoms with Crippen LogP contribution in [-0.2, 0) is 5.41 Å². The molecule has 16 rings (SSSR count). The minimum absolute atomic E-state index is 0.473. The standard InChI is InChI=1S/C67H40N2O2/c1-3-18-42(19-4-1)68(57-31-17-30-55-64(57)49-25-9-14-29-54(49)67(55)52-27-12-7-22-45(52)46-23-8-13-28-53(46)67)44-35-37-56-51(39-44)65-58(69(56)43-20-5-2-6-21-43)40-62-66(50-26-11-16-33-60(50)71-62)63(65)41-34-36-48-47-24-10-15-32-59(47)70-61(48)38-41/h1-40H. The van der Waals surface area contributed by atoms with Gasteiger partial charge in [0.15, 0.2) is 0 Å². The van der Waals surface area contributed by atoms with E-state index in [0.29, 0.717) is 0 Å². The summed E-state index contributed by atoms with van der Waals surface area (Å²) in [5.74, 6) is 0. The van der Waals surface area contributed by atoms with E-state index in [1.165, 1.54) is 44.5 Å². The second kappa shape index (κ2) is 14.3. The molecule has 71 heavy (non-hydrogen) atoms. The molecule has 4 nitrogen and oxygen atoms in total. The van der Waals surface area contributed by atoms with E-state index >= 15 is 0 Å². The normalized spacial score (nSPS) is 13.2. The van der Waals surface area contributed by atoms with Crippen LogP contribution in [0, 0.1) is 0 Å². The molecule has 11 aromatic carbocycles. The molecule has 0 N–H and O–H groups in total. The number of anilines is 3. The van der Waals surface area contributed by atoms with E-state index < -0.39 is 5.41 Å². The summed E-state index contributed by atoms with van der Waals surface area (Å²) >= 11 is 0. The Morgan fingerprint density at radius 3 is 1.69 bits per heavy atom. The predicted molar refractivity (Wildman–Crippen MR) is 292 cm³/mol. The molecule has 1 spiro atoms. The number of fused-ring (bicyclic) bond motifs is 19. The van der Waals surface area contributed by atoms with Crippen molar-refractivity contribution in [3.05, 3.63) is 265 Å². The van der Waals surface area contributed by atoms with Crippen LogP contribution >= 0.6 is 0 Å². The number of benzene rings is 11. The van der Waals surface area contributed by atoms with Crippen LogP contribution < -0.4 is 4.90 Å². The fraction of sp³-hybridized carbons (Fsp3) is 0.0149. The number of aromatic nitrogens is 1. The van der Waals surface area contributed by atoms with Crippen LogP contribution in [0.1, 0.15) is 22.3 Å². The van der Waals surface area contributed by atoms with Gasteiger partial charge in [0.2, 0.25) is 0 Å². The van der Waals surface area contributed by atoms with Crippen LogP contribution in [0.25, 0.3) is 105 Å². The molecular weight excluding hydrogens is 865 g/mol. The van der Waals surface area contributed by atoms with Crippen molar-refractivity contribution in [1.29, 1.82) is 0 Å².